The van der Waals surface area contributed by atoms with Crippen LogP contribution in [0, 0.1) is 0 Å². The van der Waals surface area contributed by atoms with Crippen LogP contribution in [0.2, 0.25) is 0 Å². The molecule has 1 fully saturated rings. The molecule has 1 aliphatic rings. The van der Waals surface area contributed by atoms with E-state index in [2.05, 4.69) is 0 Å². The van der Waals surface area contributed by atoms with Gasteiger partial charge in [0.1, 0.15) is 16.6 Å². The van der Waals surface area contributed by atoms with Crippen LogP contribution in [0.5, 0.6) is 0 Å². The second kappa shape index (κ2) is 7.63. The lowest BCUT2D eigenvalue weighted by molar-refractivity contribution is -0.310. The Hall–Kier alpha value is -2.77. The molecule has 2 aromatic rings. The average molecular weight is 382 g/mol. The van der Waals surface area contributed by atoms with Gasteiger partial charge in [0.2, 0.25) is 0 Å². The summed E-state index contributed by atoms with van der Waals surface area (Å²) in [4.78, 5) is 36.5. The number of rotatable bonds is 5. The smallest absolute Gasteiger partial charge is 0.267 e. The SMILES string of the molecule is O=Cc1ccc(/C=C2\SC(=S)N([C@@H](C(=O)[O-])c3ccccc3)C2=O)cc1. The van der Waals surface area contributed by atoms with Gasteiger partial charge in [-0.25, -0.2) is 0 Å². The summed E-state index contributed by atoms with van der Waals surface area (Å²) in [5.41, 5.74) is 1.65. The summed E-state index contributed by atoms with van der Waals surface area (Å²) in [7, 11) is 0. The van der Waals surface area contributed by atoms with Crippen LogP contribution in [0.15, 0.2) is 59.5 Å². The van der Waals surface area contributed by atoms with Crippen LogP contribution in [0.4, 0.5) is 0 Å². The Morgan fingerprint density at radius 2 is 1.69 bits per heavy atom. The summed E-state index contributed by atoms with van der Waals surface area (Å²) >= 11 is 6.27. The van der Waals surface area contributed by atoms with E-state index in [1.54, 1.807) is 60.7 Å². The summed E-state index contributed by atoms with van der Waals surface area (Å²) in [6.45, 7) is 0. The molecule has 1 amide bonds. The zero-order valence-corrected chi connectivity index (χ0v) is 15.0. The maximum atomic E-state index is 12.8. The minimum atomic E-state index is -1.40. The molecule has 0 saturated carbocycles. The Kier molecular flexibility index (Phi) is 5.29. The summed E-state index contributed by atoms with van der Waals surface area (Å²) in [5, 5.41) is 11.7. The quantitative estimate of drug-likeness (QED) is 0.448. The summed E-state index contributed by atoms with van der Waals surface area (Å²) in [5.74, 6) is -1.89. The Bertz CT molecular complexity index is 907. The van der Waals surface area contributed by atoms with Crippen molar-refractivity contribution in [1.82, 2.24) is 4.90 Å². The van der Waals surface area contributed by atoms with Gasteiger partial charge < -0.3 is 9.90 Å². The Labute approximate surface area is 159 Å². The molecule has 3 rings (SSSR count). The molecule has 5 nitrogen and oxygen atoms in total. The van der Waals surface area contributed by atoms with Crippen LogP contribution >= 0.6 is 24.0 Å². The lowest BCUT2D eigenvalue weighted by atomic mass is 10.1. The van der Waals surface area contributed by atoms with Gasteiger partial charge in [0.25, 0.3) is 5.91 Å². The second-order valence-electron chi connectivity index (χ2n) is 5.47. The topological polar surface area (TPSA) is 77.5 Å². The third-order valence-corrected chi connectivity index (χ3v) is 5.12. The van der Waals surface area contributed by atoms with E-state index in [9.17, 15) is 19.5 Å². The monoisotopic (exact) mass is 382 g/mol. The van der Waals surface area contributed by atoms with E-state index in [1.807, 2.05) is 0 Å². The number of thioether (sulfide) groups is 1. The van der Waals surface area contributed by atoms with Crippen LogP contribution in [0.3, 0.4) is 0 Å². The van der Waals surface area contributed by atoms with Gasteiger partial charge in [-0.05, 0) is 17.2 Å². The van der Waals surface area contributed by atoms with E-state index < -0.39 is 17.9 Å². The first kappa shape index (κ1) is 18.0. The fourth-order valence-corrected chi connectivity index (χ4v) is 3.86. The molecular formula is C19H12NO4S2-. The largest absolute Gasteiger partial charge is 0.547 e. The number of carbonyl (C=O) groups is 3. The predicted octanol–water partition coefficient (Wildman–Crippen LogP) is 2.19. The first-order valence-electron chi connectivity index (χ1n) is 7.59. The summed E-state index contributed by atoms with van der Waals surface area (Å²) in [6.07, 6.45) is 2.35. The van der Waals surface area contributed by atoms with Gasteiger partial charge in [-0.2, -0.15) is 0 Å². The normalized spacial score (nSPS) is 16.8. The predicted molar refractivity (Wildman–Crippen MR) is 101 cm³/mol. The van der Waals surface area contributed by atoms with Crippen LogP contribution in [-0.2, 0) is 9.59 Å². The van der Waals surface area contributed by atoms with Crippen molar-refractivity contribution in [3.8, 4) is 0 Å². The van der Waals surface area contributed by atoms with Crippen molar-refractivity contribution in [3.63, 3.8) is 0 Å². The molecule has 0 radical (unpaired) electrons. The fraction of sp³-hybridized carbons (Fsp3) is 0.0526. The van der Waals surface area contributed by atoms with Crippen molar-refractivity contribution in [2.45, 2.75) is 6.04 Å². The molecule has 26 heavy (non-hydrogen) atoms. The highest BCUT2D eigenvalue weighted by molar-refractivity contribution is 8.26. The standard InChI is InChI=1S/C19H13NO4S2/c21-11-13-8-6-12(7-9-13)10-15-17(22)20(19(25)26-15)16(18(23)24)14-4-2-1-3-5-14/h1-11,16H,(H,23,24)/p-1/b15-10-/t16-/m1/s1. The van der Waals surface area contributed by atoms with E-state index in [1.165, 1.54) is 0 Å². The van der Waals surface area contributed by atoms with Gasteiger partial charge in [-0.1, -0.05) is 78.6 Å². The van der Waals surface area contributed by atoms with Crippen molar-refractivity contribution in [2.75, 3.05) is 0 Å². The first-order chi connectivity index (χ1) is 12.5. The van der Waals surface area contributed by atoms with E-state index in [-0.39, 0.29) is 4.32 Å². The lowest BCUT2D eigenvalue weighted by Crippen LogP contribution is -2.43. The molecule has 1 saturated heterocycles. The second-order valence-corrected chi connectivity index (χ2v) is 7.14. The molecule has 1 aliphatic heterocycles. The van der Waals surface area contributed by atoms with Gasteiger partial charge in [0.05, 0.1) is 10.9 Å². The maximum absolute atomic E-state index is 12.8. The molecule has 0 spiro atoms. The third kappa shape index (κ3) is 3.58. The molecule has 0 bridgehead atoms. The highest BCUT2D eigenvalue weighted by Gasteiger charge is 2.38. The van der Waals surface area contributed by atoms with Crippen LogP contribution in [0.25, 0.3) is 6.08 Å². The first-order valence-corrected chi connectivity index (χ1v) is 8.82. The molecule has 130 valence electrons. The van der Waals surface area contributed by atoms with Crippen molar-refractivity contribution < 1.29 is 19.5 Å². The number of aliphatic carboxylic acids is 1. The number of hydrogen-bond acceptors (Lipinski definition) is 6. The molecule has 1 atom stereocenters. The van der Waals surface area contributed by atoms with Crippen molar-refractivity contribution in [1.29, 1.82) is 0 Å². The van der Waals surface area contributed by atoms with E-state index in [0.717, 1.165) is 22.9 Å². The summed E-state index contributed by atoms with van der Waals surface area (Å²) in [6, 6.07) is 13.7. The van der Waals surface area contributed by atoms with Crippen LogP contribution < -0.4 is 5.11 Å². The third-order valence-electron chi connectivity index (χ3n) is 3.79. The van der Waals surface area contributed by atoms with Crippen molar-refractivity contribution >= 4 is 52.5 Å². The Morgan fingerprint density at radius 1 is 1.08 bits per heavy atom. The highest BCUT2D eigenvalue weighted by Crippen LogP contribution is 2.38. The number of nitrogens with zero attached hydrogens (tertiary/aromatic N) is 1. The Morgan fingerprint density at radius 3 is 2.27 bits per heavy atom. The molecule has 1 heterocycles. The van der Waals surface area contributed by atoms with Crippen LogP contribution in [0.1, 0.15) is 27.5 Å². The molecular weight excluding hydrogens is 370 g/mol. The van der Waals surface area contributed by atoms with Gasteiger partial charge >= 0.3 is 0 Å². The average Bonchev–Trinajstić information content (AvgIpc) is 2.91. The zero-order chi connectivity index (χ0) is 18.7. The minimum absolute atomic E-state index is 0.156. The molecule has 0 N–H and O–H groups in total. The number of benzene rings is 2. The van der Waals surface area contributed by atoms with E-state index in [4.69, 9.17) is 12.2 Å². The van der Waals surface area contributed by atoms with Gasteiger partial charge in [0, 0.05) is 5.56 Å². The molecule has 0 unspecified atom stereocenters. The fourth-order valence-electron chi connectivity index (χ4n) is 2.55. The highest BCUT2D eigenvalue weighted by atomic mass is 32.2. The number of thiocarbonyl (C=S) groups is 1. The van der Waals surface area contributed by atoms with E-state index >= 15 is 0 Å². The number of carboxylic acid groups (broad SMARTS) is 1. The molecule has 7 heteroatoms. The lowest BCUT2D eigenvalue weighted by Gasteiger charge is -2.27. The molecule has 0 aromatic heterocycles. The van der Waals surface area contributed by atoms with Crippen LogP contribution in [-0.4, -0.2) is 27.4 Å². The number of amides is 1. The van der Waals surface area contributed by atoms with Crippen molar-refractivity contribution in [2.24, 2.45) is 0 Å². The number of hydrogen-bond donors (Lipinski definition) is 0. The van der Waals surface area contributed by atoms with Gasteiger partial charge in [0.15, 0.2) is 0 Å². The number of aldehydes is 1. The number of carbonyl (C=O) groups excluding carboxylic acids is 3. The summed E-state index contributed by atoms with van der Waals surface area (Å²) < 4.78 is 0.156. The Balaban J connectivity index is 1.93. The molecule has 0 aliphatic carbocycles. The van der Waals surface area contributed by atoms with Gasteiger partial charge in [-0.3, -0.25) is 14.5 Å². The van der Waals surface area contributed by atoms with Crippen molar-refractivity contribution in [3.05, 3.63) is 76.2 Å². The van der Waals surface area contributed by atoms with Gasteiger partial charge in [-0.15, -0.1) is 0 Å². The number of carboxylic acids is 1. The molecule has 2 aromatic carbocycles. The van der Waals surface area contributed by atoms with E-state index in [0.29, 0.717) is 21.6 Å². The maximum Gasteiger partial charge on any atom is 0.267 e. The zero-order valence-electron chi connectivity index (χ0n) is 13.3. The minimum Gasteiger partial charge on any atom is -0.547 e.